The molecule has 5 nitrogen and oxygen atoms in total. The van der Waals surface area contributed by atoms with Crippen molar-refractivity contribution in [3.05, 3.63) is 88.4 Å². The van der Waals surface area contributed by atoms with Crippen LogP contribution in [0.25, 0.3) is 0 Å². The van der Waals surface area contributed by atoms with Crippen molar-refractivity contribution >= 4 is 40.6 Å². The van der Waals surface area contributed by atoms with Gasteiger partial charge in [0.25, 0.3) is 0 Å². The summed E-state index contributed by atoms with van der Waals surface area (Å²) in [4.78, 5) is 14.3. The van der Waals surface area contributed by atoms with Crippen LogP contribution in [0, 0.1) is 0 Å². The SMILES string of the molecule is O=C1N(c2ccc(Cl)cc2)C(C(F)(F)F)C(O)(c2cccc(OC(F)(F)F)c2)N1c1ccc(Cl)cc1. The number of hydrogen-bond donors (Lipinski definition) is 1. The first kappa shape index (κ1) is 25.9. The number of alkyl halides is 6. The number of amides is 2. The summed E-state index contributed by atoms with van der Waals surface area (Å²) in [5.74, 6) is -0.886. The van der Waals surface area contributed by atoms with E-state index >= 15 is 0 Å². The number of urea groups is 1. The lowest BCUT2D eigenvalue weighted by atomic mass is 9.92. The number of carbonyl (C=O) groups is 1. The van der Waals surface area contributed by atoms with Crippen molar-refractivity contribution in [2.24, 2.45) is 0 Å². The van der Waals surface area contributed by atoms with E-state index in [2.05, 4.69) is 4.74 Å². The molecule has 1 aliphatic rings. The number of benzene rings is 3. The lowest BCUT2D eigenvalue weighted by Gasteiger charge is -2.38. The number of carbonyl (C=O) groups excluding carboxylic acids is 1. The summed E-state index contributed by atoms with van der Waals surface area (Å²) in [6, 6.07) is 8.86. The molecule has 0 radical (unpaired) electrons. The molecule has 1 aliphatic heterocycles. The topological polar surface area (TPSA) is 53.0 Å². The number of rotatable bonds is 4. The van der Waals surface area contributed by atoms with Crippen LogP contribution in [-0.2, 0) is 5.72 Å². The molecule has 1 N–H and O–H groups in total. The molecule has 0 saturated carbocycles. The van der Waals surface area contributed by atoms with E-state index in [-0.39, 0.29) is 21.4 Å². The molecule has 190 valence electrons. The number of halogens is 8. The average Bonchev–Trinajstić information content (AvgIpc) is 3.02. The van der Waals surface area contributed by atoms with Crippen molar-refractivity contribution in [1.82, 2.24) is 0 Å². The highest BCUT2D eigenvalue weighted by Gasteiger charge is 2.68. The normalized spacial score (nSPS) is 20.7. The summed E-state index contributed by atoms with van der Waals surface area (Å²) >= 11 is 11.7. The van der Waals surface area contributed by atoms with Crippen molar-refractivity contribution in [2.75, 3.05) is 9.80 Å². The van der Waals surface area contributed by atoms with Gasteiger partial charge in [-0.2, -0.15) is 13.2 Å². The summed E-state index contributed by atoms with van der Waals surface area (Å²) in [6.07, 6.45) is -10.4. The Balaban J connectivity index is 1.98. The van der Waals surface area contributed by atoms with Crippen LogP contribution in [0.4, 0.5) is 42.5 Å². The van der Waals surface area contributed by atoms with Gasteiger partial charge in [-0.1, -0.05) is 35.3 Å². The maximum absolute atomic E-state index is 14.6. The van der Waals surface area contributed by atoms with Gasteiger partial charge in [0.2, 0.25) is 5.72 Å². The minimum absolute atomic E-state index is 0.177. The summed E-state index contributed by atoms with van der Waals surface area (Å²) in [6.45, 7) is 0. The Hall–Kier alpha value is -3.15. The van der Waals surface area contributed by atoms with Crippen molar-refractivity contribution < 1.29 is 41.0 Å². The first-order chi connectivity index (χ1) is 16.7. The Bertz CT molecular complexity index is 1270. The van der Waals surface area contributed by atoms with Crippen LogP contribution in [0.2, 0.25) is 10.0 Å². The quantitative estimate of drug-likeness (QED) is 0.352. The minimum Gasteiger partial charge on any atom is -0.406 e. The van der Waals surface area contributed by atoms with Gasteiger partial charge in [-0.3, -0.25) is 9.80 Å². The largest absolute Gasteiger partial charge is 0.573 e. The third-order valence-corrected chi connectivity index (χ3v) is 5.87. The highest BCUT2D eigenvalue weighted by molar-refractivity contribution is 6.31. The maximum atomic E-state index is 14.6. The zero-order valence-electron chi connectivity index (χ0n) is 17.7. The molecule has 2 amide bonds. The molecule has 2 unspecified atom stereocenters. The second-order valence-corrected chi connectivity index (χ2v) is 8.56. The lowest BCUT2D eigenvalue weighted by Crippen LogP contribution is -2.56. The lowest BCUT2D eigenvalue weighted by molar-refractivity contribution is -0.274. The smallest absolute Gasteiger partial charge is 0.406 e. The number of anilines is 2. The van der Waals surface area contributed by atoms with Gasteiger partial charge in [0.05, 0.1) is 0 Å². The van der Waals surface area contributed by atoms with Crippen LogP contribution >= 0.6 is 23.2 Å². The monoisotopic (exact) mass is 550 g/mol. The number of aliphatic hydroxyl groups is 1. The molecule has 2 atom stereocenters. The Kier molecular flexibility index (Phi) is 6.52. The molecule has 3 aromatic rings. The van der Waals surface area contributed by atoms with Gasteiger partial charge in [-0.15, -0.1) is 13.2 Å². The first-order valence-electron chi connectivity index (χ1n) is 10.0. The standard InChI is InChI=1S/C23H14Cl2F6N2O3/c24-14-4-8-16(9-5-14)32-19(22(26,27)28)21(35,13-2-1-3-18(12-13)36-23(29,30)31)33(20(32)34)17-10-6-15(25)7-11-17/h1-12,19,35H. The molecule has 3 aromatic carbocycles. The average molecular weight is 551 g/mol. The van der Waals surface area contributed by atoms with Gasteiger partial charge in [0, 0.05) is 27.0 Å². The highest BCUT2D eigenvalue weighted by atomic mass is 35.5. The molecule has 1 saturated heterocycles. The Labute approximate surface area is 210 Å². The van der Waals surface area contributed by atoms with E-state index in [1.807, 2.05) is 0 Å². The molecular formula is C23H14Cl2F6N2O3. The molecule has 0 aromatic heterocycles. The summed E-state index contributed by atoms with van der Waals surface area (Å²) in [5.41, 5.74) is -4.36. The van der Waals surface area contributed by atoms with E-state index in [9.17, 15) is 36.2 Å². The summed E-state index contributed by atoms with van der Waals surface area (Å²) < 4.78 is 86.1. The van der Waals surface area contributed by atoms with Gasteiger partial charge in [0.15, 0.2) is 6.04 Å². The Morgan fingerprint density at radius 1 is 0.833 bits per heavy atom. The van der Waals surface area contributed by atoms with Crippen molar-refractivity contribution in [2.45, 2.75) is 24.3 Å². The first-order valence-corrected chi connectivity index (χ1v) is 10.8. The van der Waals surface area contributed by atoms with E-state index in [1.54, 1.807) is 0 Å². The van der Waals surface area contributed by atoms with Gasteiger partial charge in [-0.25, -0.2) is 4.79 Å². The molecule has 13 heteroatoms. The predicted molar refractivity (Wildman–Crippen MR) is 120 cm³/mol. The summed E-state index contributed by atoms with van der Waals surface area (Å²) in [5, 5.41) is 12.1. The third-order valence-electron chi connectivity index (χ3n) is 5.37. The third kappa shape index (κ3) is 4.78. The Morgan fingerprint density at radius 3 is 1.86 bits per heavy atom. The molecule has 4 rings (SSSR count). The fraction of sp³-hybridized carbons (Fsp3) is 0.174. The molecule has 0 bridgehead atoms. The van der Waals surface area contributed by atoms with Crippen LogP contribution in [0.5, 0.6) is 5.75 Å². The van der Waals surface area contributed by atoms with Gasteiger partial charge in [0.1, 0.15) is 5.75 Å². The maximum Gasteiger partial charge on any atom is 0.573 e. The van der Waals surface area contributed by atoms with Crippen LogP contribution in [0.15, 0.2) is 72.8 Å². The van der Waals surface area contributed by atoms with Gasteiger partial charge < -0.3 is 9.84 Å². The molecule has 1 heterocycles. The predicted octanol–water partition coefficient (Wildman–Crippen LogP) is 7.11. The molecule has 36 heavy (non-hydrogen) atoms. The highest BCUT2D eigenvalue weighted by Crippen LogP contribution is 2.50. The zero-order chi connectivity index (χ0) is 26.5. The number of nitrogens with zero attached hydrogens (tertiary/aromatic N) is 2. The fourth-order valence-electron chi connectivity index (χ4n) is 4.01. The molecule has 1 fully saturated rings. The molecular weight excluding hydrogens is 537 g/mol. The van der Waals surface area contributed by atoms with E-state index in [4.69, 9.17) is 23.2 Å². The number of hydrogen-bond acceptors (Lipinski definition) is 3. The van der Waals surface area contributed by atoms with Crippen LogP contribution in [0.1, 0.15) is 5.56 Å². The van der Waals surface area contributed by atoms with Crippen LogP contribution in [0.3, 0.4) is 0 Å². The van der Waals surface area contributed by atoms with E-state index in [0.29, 0.717) is 15.9 Å². The molecule has 0 aliphatic carbocycles. The second-order valence-electron chi connectivity index (χ2n) is 7.69. The fourth-order valence-corrected chi connectivity index (χ4v) is 4.26. The van der Waals surface area contributed by atoms with E-state index in [1.165, 1.54) is 36.4 Å². The van der Waals surface area contributed by atoms with Gasteiger partial charge >= 0.3 is 18.6 Å². The van der Waals surface area contributed by atoms with Crippen molar-refractivity contribution in [3.63, 3.8) is 0 Å². The van der Waals surface area contributed by atoms with Gasteiger partial charge in [-0.05, 0) is 60.7 Å². The number of ether oxygens (including phenoxy) is 1. The minimum atomic E-state index is -5.26. The second kappa shape index (κ2) is 9.06. The van der Waals surface area contributed by atoms with Crippen molar-refractivity contribution in [3.8, 4) is 5.75 Å². The van der Waals surface area contributed by atoms with Crippen LogP contribution in [-0.4, -0.2) is 29.7 Å². The van der Waals surface area contributed by atoms with E-state index in [0.717, 1.165) is 30.3 Å². The van der Waals surface area contributed by atoms with E-state index < -0.39 is 41.6 Å². The summed E-state index contributed by atoms with van der Waals surface area (Å²) in [7, 11) is 0. The van der Waals surface area contributed by atoms with Crippen LogP contribution < -0.4 is 14.5 Å². The Morgan fingerprint density at radius 2 is 1.36 bits per heavy atom. The van der Waals surface area contributed by atoms with Crippen molar-refractivity contribution in [1.29, 1.82) is 0 Å². The molecule has 0 spiro atoms. The zero-order valence-corrected chi connectivity index (χ0v) is 19.2.